The topological polar surface area (TPSA) is 66.9 Å². The number of hydrogen-bond acceptors (Lipinski definition) is 4. The Balaban J connectivity index is 2.25. The number of esters is 1. The Bertz CT molecular complexity index is 685. The van der Waals surface area contributed by atoms with E-state index in [1.807, 2.05) is 13.8 Å². The first-order valence-electron chi connectivity index (χ1n) is 7.76. The van der Waals surface area contributed by atoms with Gasteiger partial charge in [-0.15, -0.1) is 0 Å². The first kappa shape index (κ1) is 15.5. The number of ether oxygens (including phenoxy) is 1. The van der Waals surface area contributed by atoms with Gasteiger partial charge in [0.15, 0.2) is 0 Å². The smallest absolute Gasteiger partial charge is 0.353 e. The maximum Gasteiger partial charge on any atom is 0.353 e. The van der Waals surface area contributed by atoms with Gasteiger partial charge in [0.1, 0.15) is 0 Å². The summed E-state index contributed by atoms with van der Waals surface area (Å²) in [5.41, 5.74) is -0.421. The summed E-state index contributed by atoms with van der Waals surface area (Å²) >= 11 is 0. The normalized spacial score (nSPS) is 23.1. The average molecular weight is 316 g/mol. The van der Waals surface area contributed by atoms with E-state index in [2.05, 4.69) is 0 Å². The lowest BCUT2D eigenvalue weighted by Gasteiger charge is -2.48. The fourth-order valence-corrected chi connectivity index (χ4v) is 3.53. The minimum absolute atomic E-state index is 0.156. The van der Waals surface area contributed by atoms with Gasteiger partial charge in [-0.25, -0.2) is 4.79 Å². The van der Waals surface area contributed by atoms with E-state index in [4.69, 9.17) is 4.74 Å². The predicted octanol–water partition coefficient (Wildman–Crippen LogP) is 1.79. The Labute approximate surface area is 135 Å². The van der Waals surface area contributed by atoms with E-state index in [0.29, 0.717) is 17.8 Å². The van der Waals surface area contributed by atoms with Crippen LogP contribution in [-0.4, -0.2) is 42.0 Å². The van der Waals surface area contributed by atoms with Crippen LogP contribution >= 0.6 is 0 Å². The minimum atomic E-state index is -1.36. The lowest BCUT2D eigenvalue weighted by Crippen LogP contribution is -2.68. The van der Waals surface area contributed by atoms with Gasteiger partial charge in [0.2, 0.25) is 11.6 Å². The SMILES string of the molecule is COC(=O)C12CCC(=O)N1c1ccccc1C(=O)N2CC(C)C. The van der Waals surface area contributed by atoms with Crippen LogP contribution in [0.1, 0.15) is 37.0 Å². The number of para-hydroxylation sites is 1. The molecule has 6 nitrogen and oxygen atoms in total. The van der Waals surface area contributed by atoms with Gasteiger partial charge in [0.05, 0.1) is 18.4 Å². The zero-order valence-electron chi connectivity index (χ0n) is 13.5. The molecule has 0 spiro atoms. The van der Waals surface area contributed by atoms with Crippen LogP contribution in [0.25, 0.3) is 0 Å². The summed E-state index contributed by atoms with van der Waals surface area (Å²) in [5, 5.41) is 0. The van der Waals surface area contributed by atoms with Crippen molar-refractivity contribution in [2.75, 3.05) is 18.6 Å². The van der Waals surface area contributed by atoms with Crippen molar-refractivity contribution in [1.82, 2.24) is 4.90 Å². The molecule has 1 fully saturated rings. The number of amides is 2. The molecule has 0 bridgehead atoms. The molecule has 3 rings (SSSR count). The summed E-state index contributed by atoms with van der Waals surface area (Å²) in [6.07, 6.45) is 0.469. The van der Waals surface area contributed by atoms with Crippen molar-refractivity contribution in [3.63, 3.8) is 0 Å². The molecule has 2 amide bonds. The molecule has 0 aromatic heterocycles. The molecule has 0 saturated carbocycles. The summed E-state index contributed by atoms with van der Waals surface area (Å²) in [4.78, 5) is 41.1. The van der Waals surface area contributed by atoms with Crippen LogP contribution < -0.4 is 4.90 Å². The van der Waals surface area contributed by atoms with Gasteiger partial charge in [0, 0.05) is 19.4 Å². The first-order chi connectivity index (χ1) is 10.9. The van der Waals surface area contributed by atoms with Gasteiger partial charge < -0.3 is 9.64 Å². The van der Waals surface area contributed by atoms with Gasteiger partial charge in [-0.05, 0) is 18.1 Å². The van der Waals surface area contributed by atoms with Gasteiger partial charge in [-0.3, -0.25) is 14.5 Å². The third-order valence-electron chi connectivity index (χ3n) is 4.43. The zero-order chi connectivity index (χ0) is 16.8. The molecule has 2 heterocycles. The number of benzene rings is 1. The van der Waals surface area contributed by atoms with E-state index < -0.39 is 11.6 Å². The van der Waals surface area contributed by atoms with Crippen molar-refractivity contribution in [1.29, 1.82) is 0 Å². The summed E-state index contributed by atoms with van der Waals surface area (Å²) in [7, 11) is 1.29. The fourth-order valence-electron chi connectivity index (χ4n) is 3.53. The number of methoxy groups -OCH3 is 1. The third-order valence-corrected chi connectivity index (χ3v) is 4.43. The highest BCUT2D eigenvalue weighted by atomic mass is 16.5. The van der Waals surface area contributed by atoms with E-state index in [-0.39, 0.29) is 30.6 Å². The molecule has 2 aliphatic heterocycles. The number of fused-ring (bicyclic) bond motifs is 3. The minimum Gasteiger partial charge on any atom is -0.466 e. The molecule has 1 atom stereocenters. The second kappa shape index (κ2) is 5.37. The third kappa shape index (κ3) is 2.04. The van der Waals surface area contributed by atoms with E-state index in [1.165, 1.54) is 16.9 Å². The van der Waals surface area contributed by atoms with E-state index >= 15 is 0 Å². The molecule has 0 aliphatic carbocycles. The zero-order valence-corrected chi connectivity index (χ0v) is 13.5. The summed E-state index contributed by atoms with van der Waals surface area (Å²) < 4.78 is 4.99. The quantitative estimate of drug-likeness (QED) is 0.798. The number of rotatable bonds is 3. The largest absolute Gasteiger partial charge is 0.466 e. The average Bonchev–Trinajstić information content (AvgIpc) is 2.89. The van der Waals surface area contributed by atoms with E-state index in [9.17, 15) is 14.4 Å². The fraction of sp³-hybridized carbons (Fsp3) is 0.471. The highest BCUT2D eigenvalue weighted by Gasteiger charge is 2.61. The van der Waals surface area contributed by atoms with Crippen molar-refractivity contribution >= 4 is 23.5 Å². The molecule has 2 aliphatic rings. The van der Waals surface area contributed by atoms with Gasteiger partial charge in [0.25, 0.3) is 5.91 Å². The molecule has 0 N–H and O–H groups in total. The number of anilines is 1. The van der Waals surface area contributed by atoms with Gasteiger partial charge in [-0.2, -0.15) is 0 Å². The lowest BCUT2D eigenvalue weighted by atomic mass is 9.95. The summed E-state index contributed by atoms with van der Waals surface area (Å²) in [6, 6.07) is 6.92. The molecule has 0 radical (unpaired) electrons. The van der Waals surface area contributed by atoms with Crippen LogP contribution in [0.3, 0.4) is 0 Å². The molecular weight excluding hydrogens is 296 g/mol. The first-order valence-corrected chi connectivity index (χ1v) is 7.76. The Morgan fingerprint density at radius 3 is 2.65 bits per heavy atom. The van der Waals surface area contributed by atoms with Crippen LogP contribution in [0.15, 0.2) is 24.3 Å². The number of nitrogens with zero attached hydrogens (tertiary/aromatic N) is 2. The Morgan fingerprint density at radius 2 is 2.00 bits per heavy atom. The van der Waals surface area contributed by atoms with Crippen LogP contribution in [0.5, 0.6) is 0 Å². The maximum atomic E-state index is 13.0. The monoisotopic (exact) mass is 316 g/mol. The lowest BCUT2D eigenvalue weighted by molar-refractivity contribution is -0.154. The Morgan fingerprint density at radius 1 is 1.30 bits per heavy atom. The molecule has 1 unspecified atom stereocenters. The number of hydrogen-bond donors (Lipinski definition) is 0. The number of carbonyl (C=O) groups excluding carboxylic acids is 3. The molecular formula is C17H20N2O4. The van der Waals surface area contributed by atoms with Crippen LogP contribution in [0.2, 0.25) is 0 Å². The predicted molar refractivity (Wildman–Crippen MR) is 83.8 cm³/mol. The van der Waals surface area contributed by atoms with Crippen LogP contribution in [0.4, 0.5) is 5.69 Å². The molecule has 122 valence electrons. The second-order valence-corrected chi connectivity index (χ2v) is 6.36. The summed E-state index contributed by atoms with van der Waals surface area (Å²) in [5.74, 6) is -0.801. The van der Waals surface area contributed by atoms with Crippen LogP contribution in [-0.2, 0) is 14.3 Å². The maximum absolute atomic E-state index is 13.0. The Kier molecular flexibility index (Phi) is 3.62. The number of carbonyl (C=O) groups is 3. The summed E-state index contributed by atoms with van der Waals surface area (Å²) in [6.45, 7) is 4.33. The van der Waals surface area contributed by atoms with E-state index in [0.717, 1.165) is 0 Å². The van der Waals surface area contributed by atoms with Crippen molar-refractivity contribution < 1.29 is 19.1 Å². The van der Waals surface area contributed by atoms with Crippen molar-refractivity contribution in [2.45, 2.75) is 32.4 Å². The van der Waals surface area contributed by atoms with Crippen molar-refractivity contribution in [2.24, 2.45) is 5.92 Å². The second-order valence-electron chi connectivity index (χ2n) is 6.36. The van der Waals surface area contributed by atoms with Crippen LogP contribution in [0, 0.1) is 5.92 Å². The standard InChI is InChI=1S/C17H20N2O4/c1-11(2)10-18-15(21)12-6-4-5-7-13(12)19-14(20)8-9-17(18,19)16(22)23-3/h4-7,11H,8-10H2,1-3H3. The van der Waals surface area contributed by atoms with E-state index in [1.54, 1.807) is 24.3 Å². The van der Waals surface area contributed by atoms with Gasteiger partial charge >= 0.3 is 5.97 Å². The van der Waals surface area contributed by atoms with Gasteiger partial charge in [-0.1, -0.05) is 26.0 Å². The van der Waals surface area contributed by atoms with Crippen molar-refractivity contribution in [3.8, 4) is 0 Å². The van der Waals surface area contributed by atoms with Crippen molar-refractivity contribution in [3.05, 3.63) is 29.8 Å². The highest BCUT2D eigenvalue weighted by Crippen LogP contribution is 2.45. The molecule has 1 saturated heterocycles. The Hall–Kier alpha value is -2.37. The highest BCUT2D eigenvalue weighted by molar-refractivity contribution is 6.15. The molecule has 23 heavy (non-hydrogen) atoms. The molecule has 1 aromatic rings. The molecule has 1 aromatic carbocycles. The molecule has 6 heteroatoms.